The normalized spacial score (nSPS) is 11.9. The summed E-state index contributed by atoms with van der Waals surface area (Å²) in [4.78, 5) is 11.8. The van der Waals surface area contributed by atoms with Crippen molar-refractivity contribution in [1.82, 2.24) is 5.32 Å². The zero-order valence-electron chi connectivity index (χ0n) is 13.0. The van der Waals surface area contributed by atoms with Crippen molar-refractivity contribution in [2.75, 3.05) is 6.54 Å². The number of carbonyl (C=O) groups is 1. The summed E-state index contributed by atoms with van der Waals surface area (Å²) in [5, 5.41) is 12.3. The van der Waals surface area contributed by atoms with Crippen molar-refractivity contribution in [3.05, 3.63) is 60.2 Å². The predicted octanol–water partition coefficient (Wildman–Crippen LogP) is 3.17. The fourth-order valence-corrected chi connectivity index (χ4v) is 2.28. The second kappa shape index (κ2) is 8.35. The lowest BCUT2D eigenvalue weighted by atomic mass is 10.0. The molecule has 1 atom stereocenters. The van der Waals surface area contributed by atoms with Gasteiger partial charge in [0.25, 0.3) is 0 Å². The molecule has 3 nitrogen and oxygen atoms in total. The third-order valence-electron chi connectivity index (χ3n) is 3.70. The van der Waals surface area contributed by atoms with Crippen molar-refractivity contribution in [3.63, 3.8) is 0 Å². The SMILES string of the molecule is CCC(O)CCNC(=O)Cc1ccc(-c2ccccc2)cc1. The minimum Gasteiger partial charge on any atom is -0.393 e. The molecule has 116 valence electrons. The van der Waals surface area contributed by atoms with Crippen molar-refractivity contribution in [2.45, 2.75) is 32.3 Å². The quantitative estimate of drug-likeness (QED) is 0.824. The van der Waals surface area contributed by atoms with Gasteiger partial charge in [0.1, 0.15) is 0 Å². The highest BCUT2D eigenvalue weighted by Gasteiger charge is 2.05. The molecule has 0 heterocycles. The highest BCUT2D eigenvalue weighted by molar-refractivity contribution is 5.78. The topological polar surface area (TPSA) is 49.3 Å². The average molecular weight is 297 g/mol. The van der Waals surface area contributed by atoms with Gasteiger partial charge >= 0.3 is 0 Å². The summed E-state index contributed by atoms with van der Waals surface area (Å²) in [6.07, 6.45) is 1.37. The highest BCUT2D eigenvalue weighted by Crippen LogP contribution is 2.19. The second-order valence-electron chi connectivity index (χ2n) is 5.44. The zero-order valence-corrected chi connectivity index (χ0v) is 13.0. The maximum Gasteiger partial charge on any atom is 0.224 e. The van der Waals surface area contributed by atoms with Gasteiger partial charge in [-0.05, 0) is 29.5 Å². The zero-order chi connectivity index (χ0) is 15.8. The monoisotopic (exact) mass is 297 g/mol. The molecule has 0 saturated heterocycles. The van der Waals surface area contributed by atoms with E-state index in [4.69, 9.17) is 0 Å². The summed E-state index contributed by atoms with van der Waals surface area (Å²) in [7, 11) is 0. The van der Waals surface area contributed by atoms with Crippen LogP contribution < -0.4 is 5.32 Å². The van der Waals surface area contributed by atoms with Crippen LogP contribution in [0.15, 0.2) is 54.6 Å². The van der Waals surface area contributed by atoms with Crippen LogP contribution in [0.4, 0.5) is 0 Å². The number of hydrogen-bond donors (Lipinski definition) is 2. The number of aliphatic hydroxyl groups is 1. The Kier molecular flexibility index (Phi) is 6.16. The average Bonchev–Trinajstić information content (AvgIpc) is 2.56. The van der Waals surface area contributed by atoms with Crippen LogP contribution in [0.2, 0.25) is 0 Å². The van der Waals surface area contributed by atoms with Gasteiger partial charge in [0.2, 0.25) is 5.91 Å². The first-order valence-electron chi connectivity index (χ1n) is 7.78. The maximum absolute atomic E-state index is 11.8. The Morgan fingerprint density at radius 1 is 1.05 bits per heavy atom. The van der Waals surface area contributed by atoms with E-state index in [9.17, 15) is 9.90 Å². The van der Waals surface area contributed by atoms with E-state index in [0.29, 0.717) is 19.4 Å². The summed E-state index contributed by atoms with van der Waals surface area (Å²) in [5.74, 6) is -0.00392. The molecule has 0 radical (unpaired) electrons. The maximum atomic E-state index is 11.8. The molecule has 2 rings (SSSR count). The van der Waals surface area contributed by atoms with Gasteiger partial charge < -0.3 is 10.4 Å². The van der Waals surface area contributed by atoms with Crippen molar-refractivity contribution in [2.24, 2.45) is 0 Å². The number of carbonyl (C=O) groups excluding carboxylic acids is 1. The first-order valence-corrected chi connectivity index (χ1v) is 7.78. The third-order valence-corrected chi connectivity index (χ3v) is 3.70. The van der Waals surface area contributed by atoms with Crippen molar-refractivity contribution >= 4 is 5.91 Å². The largest absolute Gasteiger partial charge is 0.393 e. The van der Waals surface area contributed by atoms with E-state index in [1.165, 1.54) is 5.56 Å². The Balaban J connectivity index is 1.85. The fourth-order valence-electron chi connectivity index (χ4n) is 2.28. The molecule has 3 heteroatoms. The number of aliphatic hydroxyl groups excluding tert-OH is 1. The van der Waals surface area contributed by atoms with Gasteiger partial charge in [-0.15, -0.1) is 0 Å². The molecular weight excluding hydrogens is 274 g/mol. The Hall–Kier alpha value is -2.13. The molecule has 0 bridgehead atoms. The van der Waals surface area contributed by atoms with E-state index in [0.717, 1.165) is 17.5 Å². The molecule has 0 aliphatic carbocycles. The molecule has 0 aliphatic rings. The van der Waals surface area contributed by atoms with Crippen molar-refractivity contribution in [3.8, 4) is 11.1 Å². The molecule has 0 aromatic heterocycles. The summed E-state index contributed by atoms with van der Waals surface area (Å²) < 4.78 is 0. The van der Waals surface area contributed by atoms with Crippen LogP contribution >= 0.6 is 0 Å². The summed E-state index contributed by atoms with van der Waals surface area (Å²) >= 11 is 0. The summed E-state index contributed by atoms with van der Waals surface area (Å²) in [6.45, 7) is 2.46. The number of amides is 1. The Morgan fingerprint density at radius 2 is 1.68 bits per heavy atom. The molecule has 0 spiro atoms. The first kappa shape index (κ1) is 16.2. The Bertz CT molecular complexity index is 578. The summed E-state index contributed by atoms with van der Waals surface area (Å²) in [6, 6.07) is 18.2. The van der Waals surface area contributed by atoms with Gasteiger partial charge in [-0.25, -0.2) is 0 Å². The lowest BCUT2D eigenvalue weighted by Gasteiger charge is -2.09. The fraction of sp³-hybridized carbons (Fsp3) is 0.316. The number of rotatable bonds is 7. The van der Waals surface area contributed by atoms with Crippen LogP contribution in [0.3, 0.4) is 0 Å². The smallest absolute Gasteiger partial charge is 0.224 e. The minimum absolute atomic E-state index is 0.00392. The molecule has 1 unspecified atom stereocenters. The molecule has 0 aliphatic heterocycles. The highest BCUT2D eigenvalue weighted by atomic mass is 16.3. The van der Waals surface area contributed by atoms with Crippen LogP contribution in [0.25, 0.3) is 11.1 Å². The Labute approximate surface area is 132 Å². The van der Waals surface area contributed by atoms with Gasteiger partial charge in [-0.2, -0.15) is 0 Å². The van der Waals surface area contributed by atoms with E-state index in [1.54, 1.807) is 0 Å². The van der Waals surface area contributed by atoms with Crippen molar-refractivity contribution in [1.29, 1.82) is 0 Å². The van der Waals surface area contributed by atoms with Gasteiger partial charge in [-0.3, -0.25) is 4.79 Å². The van der Waals surface area contributed by atoms with Gasteiger partial charge in [0.15, 0.2) is 0 Å². The van der Waals surface area contributed by atoms with E-state index >= 15 is 0 Å². The minimum atomic E-state index is -0.328. The summed E-state index contributed by atoms with van der Waals surface area (Å²) in [5.41, 5.74) is 3.32. The first-order chi connectivity index (χ1) is 10.7. The lowest BCUT2D eigenvalue weighted by molar-refractivity contribution is -0.120. The Morgan fingerprint density at radius 3 is 2.32 bits per heavy atom. The van der Waals surface area contributed by atoms with E-state index in [-0.39, 0.29) is 12.0 Å². The molecule has 0 fully saturated rings. The second-order valence-corrected chi connectivity index (χ2v) is 5.44. The third kappa shape index (κ3) is 5.01. The molecule has 2 N–H and O–H groups in total. The standard InChI is InChI=1S/C19H23NO2/c1-2-18(21)12-13-20-19(22)14-15-8-10-17(11-9-15)16-6-4-3-5-7-16/h3-11,18,21H,2,12-14H2,1H3,(H,20,22). The van der Waals surface area contributed by atoms with Gasteiger partial charge in [0.05, 0.1) is 12.5 Å². The molecule has 2 aromatic carbocycles. The molecule has 22 heavy (non-hydrogen) atoms. The van der Waals surface area contributed by atoms with Crippen LogP contribution in [-0.4, -0.2) is 23.7 Å². The van der Waals surface area contributed by atoms with Crippen molar-refractivity contribution < 1.29 is 9.90 Å². The lowest BCUT2D eigenvalue weighted by Crippen LogP contribution is -2.28. The van der Waals surface area contributed by atoms with Crippen LogP contribution in [0.1, 0.15) is 25.3 Å². The van der Waals surface area contributed by atoms with Gasteiger partial charge in [0, 0.05) is 6.54 Å². The van der Waals surface area contributed by atoms with Crippen LogP contribution in [0.5, 0.6) is 0 Å². The molecule has 1 amide bonds. The predicted molar refractivity (Wildman–Crippen MR) is 89.5 cm³/mol. The molecule has 0 saturated carbocycles. The molecule has 2 aromatic rings. The number of hydrogen-bond acceptors (Lipinski definition) is 2. The van der Waals surface area contributed by atoms with E-state index in [1.807, 2.05) is 49.4 Å². The van der Waals surface area contributed by atoms with Gasteiger partial charge in [-0.1, -0.05) is 61.5 Å². The number of benzene rings is 2. The van der Waals surface area contributed by atoms with E-state index < -0.39 is 0 Å². The van der Waals surface area contributed by atoms with E-state index in [2.05, 4.69) is 17.4 Å². The molecular formula is C19H23NO2. The van der Waals surface area contributed by atoms with Crippen LogP contribution in [-0.2, 0) is 11.2 Å². The van der Waals surface area contributed by atoms with Crippen LogP contribution in [0, 0.1) is 0 Å². The number of nitrogens with one attached hydrogen (secondary N) is 1.